The monoisotopic (exact) mass is 267 g/mol. The molecule has 0 bridgehead atoms. The molecule has 1 aliphatic rings. The summed E-state index contributed by atoms with van der Waals surface area (Å²) in [5.74, 6) is 0.769. The second kappa shape index (κ2) is 6.02. The van der Waals surface area contributed by atoms with Crippen LogP contribution in [0.2, 0.25) is 0 Å². The predicted molar refractivity (Wildman–Crippen MR) is 79.7 cm³/mol. The summed E-state index contributed by atoms with van der Waals surface area (Å²) in [5, 5.41) is 4.78. The molecule has 2 rings (SSSR count). The minimum absolute atomic E-state index is 0.588. The first-order chi connectivity index (χ1) is 8.56. The lowest BCUT2D eigenvalue weighted by molar-refractivity contribution is 0.379. The summed E-state index contributed by atoms with van der Waals surface area (Å²) in [6, 6.07) is 0.588. The van der Waals surface area contributed by atoms with Gasteiger partial charge in [0.15, 0.2) is 5.13 Å². The van der Waals surface area contributed by atoms with Crippen molar-refractivity contribution in [2.24, 2.45) is 5.92 Å². The molecular formula is C14H25N3S. The van der Waals surface area contributed by atoms with E-state index in [1.54, 1.807) is 0 Å². The SMILES string of the molecule is Cc1nc(N2CCCC(CNC(C)C)C2)sc1C. The number of piperidine rings is 1. The molecule has 18 heavy (non-hydrogen) atoms. The molecule has 0 spiro atoms. The summed E-state index contributed by atoms with van der Waals surface area (Å²) in [6.07, 6.45) is 2.64. The van der Waals surface area contributed by atoms with E-state index >= 15 is 0 Å². The number of rotatable bonds is 4. The molecule has 1 aromatic rings. The van der Waals surface area contributed by atoms with E-state index < -0.39 is 0 Å². The lowest BCUT2D eigenvalue weighted by Gasteiger charge is -2.33. The smallest absolute Gasteiger partial charge is 0.185 e. The minimum atomic E-state index is 0.588. The van der Waals surface area contributed by atoms with E-state index in [1.165, 1.54) is 35.1 Å². The van der Waals surface area contributed by atoms with E-state index in [2.05, 4.69) is 42.9 Å². The van der Waals surface area contributed by atoms with E-state index in [1.807, 2.05) is 11.3 Å². The van der Waals surface area contributed by atoms with Crippen molar-refractivity contribution in [2.45, 2.75) is 46.6 Å². The van der Waals surface area contributed by atoms with Crippen molar-refractivity contribution >= 4 is 16.5 Å². The Hall–Kier alpha value is -0.610. The second-order valence-corrected chi connectivity index (χ2v) is 6.84. The van der Waals surface area contributed by atoms with Crippen molar-refractivity contribution in [1.29, 1.82) is 0 Å². The highest BCUT2D eigenvalue weighted by molar-refractivity contribution is 7.15. The molecule has 0 radical (unpaired) electrons. The first kappa shape index (κ1) is 13.8. The number of thiazole rings is 1. The summed E-state index contributed by atoms with van der Waals surface area (Å²) in [5.41, 5.74) is 1.19. The van der Waals surface area contributed by atoms with Crippen LogP contribution < -0.4 is 10.2 Å². The molecule has 1 saturated heterocycles. The van der Waals surface area contributed by atoms with Gasteiger partial charge in [0, 0.05) is 24.0 Å². The Morgan fingerprint density at radius 1 is 1.44 bits per heavy atom. The molecule has 2 heterocycles. The number of anilines is 1. The normalized spacial score (nSPS) is 20.7. The number of aryl methyl sites for hydroxylation is 2. The largest absolute Gasteiger partial charge is 0.348 e. The molecule has 0 aliphatic carbocycles. The third kappa shape index (κ3) is 3.45. The van der Waals surface area contributed by atoms with Crippen LogP contribution in [0, 0.1) is 19.8 Å². The molecule has 1 aliphatic heterocycles. The van der Waals surface area contributed by atoms with Crippen molar-refractivity contribution < 1.29 is 0 Å². The van der Waals surface area contributed by atoms with Gasteiger partial charge in [-0.2, -0.15) is 0 Å². The summed E-state index contributed by atoms with van der Waals surface area (Å²) < 4.78 is 0. The van der Waals surface area contributed by atoms with E-state index in [0.717, 1.165) is 19.0 Å². The molecule has 3 nitrogen and oxygen atoms in total. The van der Waals surface area contributed by atoms with Gasteiger partial charge in [-0.05, 0) is 39.2 Å². The zero-order chi connectivity index (χ0) is 13.1. The lowest BCUT2D eigenvalue weighted by atomic mass is 9.98. The van der Waals surface area contributed by atoms with Gasteiger partial charge in [-0.1, -0.05) is 13.8 Å². The zero-order valence-electron chi connectivity index (χ0n) is 12.0. The number of nitrogens with one attached hydrogen (secondary N) is 1. The molecule has 1 aromatic heterocycles. The van der Waals surface area contributed by atoms with Gasteiger partial charge in [-0.25, -0.2) is 4.98 Å². The van der Waals surface area contributed by atoms with Gasteiger partial charge in [0.1, 0.15) is 0 Å². The van der Waals surface area contributed by atoms with Crippen molar-refractivity contribution in [3.8, 4) is 0 Å². The number of nitrogens with zero attached hydrogens (tertiary/aromatic N) is 2. The van der Waals surface area contributed by atoms with E-state index in [4.69, 9.17) is 0 Å². The summed E-state index contributed by atoms with van der Waals surface area (Å²) in [4.78, 5) is 8.51. The van der Waals surface area contributed by atoms with Crippen LogP contribution in [-0.2, 0) is 0 Å². The molecule has 1 fully saturated rings. The van der Waals surface area contributed by atoms with E-state index in [0.29, 0.717) is 6.04 Å². The Bertz CT molecular complexity index is 367. The van der Waals surface area contributed by atoms with Gasteiger partial charge < -0.3 is 10.2 Å². The predicted octanol–water partition coefficient (Wildman–Crippen LogP) is 2.97. The summed E-state index contributed by atoms with van der Waals surface area (Å²) >= 11 is 1.84. The van der Waals surface area contributed by atoms with Crippen LogP contribution in [0.15, 0.2) is 0 Å². The first-order valence-electron chi connectivity index (χ1n) is 6.98. The van der Waals surface area contributed by atoms with Gasteiger partial charge in [0.25, 0.3) is 0 Å². The van der Waals surface area contributed by atoms with Crippen LogP contribution in [0.1, 0.15) is 37.3 Å². The number of hydrogen-bond donors (Lipinski definition) is 1. The number of hydrogen-bond acceptors (Lipinski definition) is 4. The van der Waals surface area contributed by atoms with Crippen LogP contribution >= 0.6 is 11.3 Å². The van der Waals surface area contributed by atoms with Crippen LogP contribution in [0.25, 0.3) is 0 Å². The van der Waals surface area contributed by atoms with Crippen molar-refractivity contribution in [3.05, 3.63) is 10.6 Å². The van der Waals surface area contributed by atoms with Gasteiger partial charge >= 0.3 is 0 Å². The quantitative estimate of drug-likeness (QED) is 0.909. The van der Waals surface area contributed by atoms with Crippen molar-refractivity contribution in [3.63, 3.8) is 0 Å². The number of aromatic nitrogens is 1. The third-order valence-corrected chi connectivity index (χ3v) is 4.76. The third-order valence-electron chi connectivity index (χ3n) is 3.62. The van der Waals surface area contributed by atoms with Crippen LogP contribution in [-0.4, -0.2) is 30.7 Å². The topological polar surface area (TPSA) is 28.2 Å². The highest BCUT2D eigenvalue weighted by Gasteiger charge is 2.22. The average Bonchev–Trinajstić information content (AvgIpc) is 2.68. The molecule has 1 unspecified atom stereocenters. The lowest BCUT2D eigenvalue weighted by Crippen LogP contribution is -2.41. The summed E-state index contributed by atoms with van der Waals surface area (Å²) in [7, 11) is 0. The molecule has 1 N–H and O–H groups in total. The van der Waals surface area contributed by atoms with Crippen LogP contribution in [0.4, 0.5) is 5.13 Å². The van der Waals surface area contributed by atoms with Crippen LogP contribution in [0.3, 0.4) is 0 Å². The van der Waals surface area contributed by atoms with E-state index in [9.17, 15) is 0 Å². The van der Waals surface area contributed by atoms with Crippen molar-refractivity contribution in [2.75, 3.05) is 24.5 Å². The fourth-order valence-electron chi connectivity index (χ4n) is 2.40. The second-order valence-electron chi connectivity index (χ2n) is 5.66. The highest BCUT2D eigenvalue weighted by Crippen LogP contribution is 2.28. The van der Waals surface area contributed by atoms with E-state index in [-0.39, 0.29) is 0 Å². The Morgan fingerprint density at radius 3 is 2.83 bits per heavy atom. The highest BCUT2D eigenvalue weighted by atomic mass is 32.1. The minimum Gasteiger partial charge on any atom is -0.348 e. The van der Waals surface area contributed by atoms with Crippen molar-refractivity contribution in [1.82, 2.24) is 10.3 Å². The standard InChI is InChI=1S/C14H25N3S/c1-10(2)15-8-13-6-5-7-17(9-13)14-16-11(3)12(4)18-14/h10,13,15H,5-9H2,1-4H3. The van der Waals surface area contributed by atoms with Gasteiger partial charge in [0.05, 0.1) is 5.69 Å². The maximum atomic E-state index is 4.69. The molecule has 0 aromatic carbocycles. The van der Waals surface area contributed by atoms with Gasteiger partial charge in [-0.3, -0.25) is 0 Å². The van der Waals surface area contributed by atoms with Gasteiger partial charge in [0.2, 0.25) is 0 Å². The van der Waals surface area contributed by atoms with Crippen LogP contribution in [0.5, 0.6) is 0 Å². The van der Waals surface area contributed by atoms with Gasteiger partial charge in [-0.15, -0.1) is 11.3 Å². The summed E-state index contributed by atoms with van der Waals surface area (Å²) in [6.45, 7) is 12.2. The molecule has 0 amide bonds. The fraction of sp³-hybridized carbons (Fsp3) is 0.786. The molecule has 102 valence electrons. The fourth-order valence-corrected chi connectivity index (χ4v) is 3.34. The molecular weight excluding hydrogens is 242 g/mol. The maximum absolute atomic E-state index is 4.69. The molecule has 1 atom stereocenters. The Kier molecular flexibility index (Phi) is 4.62. The first-order valence-corrected chi connectivity index (χ1v) is 7.80. The Morgan fingerprint density at radius 2 is 2.22 bits per heavy atom. The Labute approximate surface area is 115 Å². The molecule has 4 heteroatoms. The maximum Gasteiger partial charge on any atom is 0.185 e. The molecule has 0 saturated carbocycles. The average molecular weight is 267 g/mol. The zero-order valence-corrected chi connectivity index (χ0v) is 12.8. The Balaban J connectivity index is 1.94.